The Labute approximate surface area is 141 Å². The van der Waals surface area contributed by atoms with Gasteiger partial charge in [-0.25, -0.2) is 4.98 Å². The van der Waals surface area contributed by atoms with Gasteiger partial charge in [-0.2, -0.15) is 0 Å². The highest BCUT2D eigenvalue weighted by molar-refractivity contribution is 5.96. The Bertz CT molecular complexity index is 941. The average molecular weight is 319 g/mol. The van der Waals surface area contributed by atoms with Crippen LogP contribution in [0.3, 0.4) is 0 Å². The van der Waals surface area contributed by atoms with Gasteiger partial charge in [0.15, 0.2) is 0 Å². The monoisotopic (exact) mass is 319 g/mol. The summed E-state index contributed by atoms with van der Waals surface area (Å²) in [4.78, 5) is 19.2. The molecule has 1 aliphatic heterocycles. The first-order valence-electron chi connectivity index (χ1n) is 8.33. The fourth-order valence-corrected chi connectivity index (χ4v) is 3.55. The van der Waals surface area contributed by atoms with Crippen LogP contribution in [0.5, 0.6) is 0 Å². The van der Waals surface area contributed by atoms with Crippen LogP contribution in [0.25, 0.3) is 11.0 Å². The van der Waals surface area contributed by atoms with Crippen LogP contribution in [-0.4, -0.2) is 22.0 Å². The van der Waals surface area contributed by atoms with Crippen LogP contribution in [0, 0.1) is 13.8 Å². The molecular formula is C20H21N3O. The normalized spacial score (nSPS) is 17.9. The minimum absolute atomic E-state index is 0.136. The molecule has 0 spiro atoms. The number of para-hydroxylation sites is 2. The fourth-order valence-electron chi connectivity index (χ4n) is 3.55. The second kappa shape index (κ2) is 5.48. The van der Waals surface area contributed by atoms with E-state index in [0.717, 1.165) is 22.5 Å². The third-order valence-corrected chi connectivity index (χ3v) is 5.11. The van der Waals surface area contributed by atoms with Crippen LogP contribution in [-0.2, 0) is 11.8 Å². The van der Waals surface area contributed by atoms with E-state index in [9.17, 15) is 4.79 Å². The highest BCUT2D eigenvalue weighted by atomic mass is 16.2. The van der Waals surface area contributed by atoms with Gasteiger partial charge in [0.05, 0.1) is 11.0 Å². The third-order valence-electron chi connectivity index (χ3n) is 5.11. The molecule has 2 heterocycles. The number of nitrogens with zero attached hydrogens (tertiary/aromatic N) is 3. The number of hydrogen-bond acceptors (Lipinski definition) is 2. The summed E-state index contributed by atoms with van der Waals surface area (Å²) in [5.41, 5.74) is 5.56. The van der Waals surface area contributed by atoms with Gasteiger partial charge in [-0.05, 0) is 49.2 Å². The molecular weight excluding hydrogens is 298 g/mol. The number of benzene rings is 2. The lowest BCUT2D eigenvalue weighted by molar-refractivity contribution is -0.117. The van der Waals surface area contributed by atoms with Crippen molar-refractivity contribution in [2.24, 2.45) is 7.05 Å². The van der Waals surface area contributed by atoms with Crippen molar-refractivity contribution in [2.45, 2.75) is 26.2 Å². The minimum Gasteiger partial charge on any atom is -0.331 e. The molecule has 1 aromatic heterocycles. The van der Waals surface area contributed by atoms with E-state index in [2.05, 4.69) is 36.6 Å². The van der Waals surface area contributed by atoms with E-state index in [1.165, 1.54) is 11.1 Å². The molecule has 1 atom stereocenters. The quantitative estimate of drug-likeness (QED) is 0.722. The molecule has 1 saturated heterocycles. The first-order chi connectivity index (χ1) is 11.5. The van der Waals surface area contributed by atoms with Crippen molar-refractivity contribution in [1.29, 1.82) is 0 Å². The number of hydrogen-bond donors (Lipinski definition) is 0. The van der Waals surface area contributed by atoms with Crippen LogP contribution in [0.15, 0.2) is 42.5 Å². The zero-order valence-electron chi connectivity index (χ0n) is 14.3. The van der Waals surface area contributed by atoms with Crippen molar-refractivity contribution in [2.75, 3.05) is 11.4 Å². The molecule has 1 amide bonds. The van der Waals surface area contributed by atoms with E-state index in [0.29, 0.717) is 13.0 Å². The zero-order chi connectivity index (χ0) is 16.8. The van der Waals surface area contributed by atoms with Gasteiger partial charge in [0, 0.05) is 31.6 Å². The van der Waals surface area contributed by atoms with Gasteiger partial charge in [0.1, 0.15) is 5.82 Å². The van der Waals surface area contributed by atoms with Gasteiger partial charge in [-0.15, -0.1) is 0 Å². The molecule has 0 N–H and O–H groups in total. The number of rotatable bonds is 2. The second-order valence-corrected chi connectivity index (χ2v) is 6.69. The van der Waals surface area contributed by atoms with E-state index < -0.39 is 0 Å². The number of imidazole rings is 1. The molecule has 0 unspecified atom stereocenters. The molecule has 2 aromatic carbocycles. The topological polar surface area (TPSA) is 38.1 Å². The van der Waals surface area contributed by atoms with Gasteiger partial charge >= 0.3 is 0 Å². The molecule has 4 nitrogen and oxygen atoms in total. The van der Waals surface area contributed by atoms with E-state index in [-0.39, 0.29) is 11.8 Å². The maximum atomic E-state index is 12.6. The number of carbonyl (C=O) groups is 1. The highest BCUT2D eigenvalue weighted by Gasteiger charge is 2.34. The Kier molecular flexibility index (Phi) is 3.41. The van der Waals surface area contributed by atoms with Crippen LogP contribution in [0.4, 0.5) is 5.69 Å². The lowest BCUT2D eigenvalue weighted by atomic mass is 10.1. The summed E-state index contributed by atoms with van der Waals surface area (Å²) >= 11 is 0. The van der Waals surface area contributed by atoms with Crippen molar-refractivity contribution in [3.05, 3.63) is 59.4 Å². The van der Waals surface area contributed by atoms with Gasteiger partial charge in [-0.1, -0.05) is 18.2 Å². The molecule has 4 rings (SSSR count). The summed E-state index contributed by atoms with van der Waals surface area (Å²) in [7, 11) is 2.04. The van der Waals surface area contributed by atoms with Crippen molar-refractivity contribution < 1.29 is 4.79 Å². The van der Waals surface area contributed by atoms with E-state index >= 15 is 0 Å². The molecule has 122 valence electrons. The Morgan fingerprint density at radius 1 is 1.08 bits per heavy atom. The predicted molar refractivity (Wildman–Crippen MR) is 96.3 cm³/mol. The highest BCUT2D eigenvalue weighted by Crippen LogP contribution is 2.33. The number of anilines is 1. The van der Waals surface area contributed by atoms with Gasteiger partial charge in [0.25, 0.3) is 0 Å². The van der Waals surface area contributed by atoms with Crippen molar-refractivity contribution in [1.82, 2.24) is 9.55 Å². The third kappa shape index (κ3) is 2.30. The molecule has 0 aliphatic carbocycles. The van der Waals surface area contributed by atoms with E-state index in [1.807, 2.05) is 36.2 Å². The summed E-state index contributed by atoms with van der Waals surface area (Å²) < 4.78 is 2.12. The van der Waals surface area contributed by atoms with Gasteiger partial charge in [-0.3, -0.25) is 4.79 Å². The molecule has 24 heavy (non-hydrogen) atoms. The fraction of sp³-hybridized carbons (Fsp3) is 0.300. The first-order valence-corrected chi connectivity index (χ1v) is 8.33. The van der Waals surface area contributed by atoms with Gasteiger partial charge < -0.3 is 9.47 Å². The summed E-state index contributed by atoms with van der Waals surface area (Å²) in [6.45, 7) is 4.87. The van der Waals surface area contributed by atoms with Crippen LogP contribution < -0.4 is 4.90 Å². The number of carbonyl (C=O) groups excluding carboxylic acids is 1. The Balaban J connectivity index is 1.68. The standard InChI is InChI=1S/C20H21N3O/c1-13-8-9-16(10-14(13)2)23-12-15(11-19(23)24)20-21-17-6-4-5-7-18(17)22(20)3/h4-10,15H,11-12H2,1-3H3/t15-/m0/s1. The predicted octanol–water partition coefficient (Wildman–Crippen LogP) is 3.71. The summed E-state index contributed by atoms with van der Waals surface area (Å²) in [6.07, 6.45) is 0.518. The Morgan fingerprint density at radius 3 is 2.62 bits per heavy atom. The largest absolute Gasteiger partial charge is 0.331 e. The van der Waals surface area contributed by atoms with Crippen molar-refractivity contribution >= 4 is 22.6 Å². The maximum Gasteiger partial charge on any atom is 0.227 e. The minimum atomic E-state index is 0.136. The maximum absolute atomic E-state index is 12.6. The number of aromatic nitrogens is 2. The summed E-state index contributed by atoms with van der Waals surface area (Å²) in [6, 6.07) is 14.3. The van der Waals surface area contributed by atoms with Crippen LogP contribution in [0.2, 0.25) is 0 Å². The van der Waals surface area contributed by atoms with E-state index in [4.69, 9.17) is 4.98 Å². The van der Waals surface area contributed by atoms with Crippen LogP contribution >= 0.6 is 0 Å². The molecule has 1 aliphatic rings. The van der Waals surface area contributed by atoms with Crippen LogP contribution in [0.1, 0.15) is 29.3 Å². The lowest BCUT2D eigenvalue weighted by Gasteiger charge is -2.18. The molecule has 0 saturated carbocycles. The van der Waals surface area contributed by atoms with Gasteiger partial charge in [0.2, 0.25) is 5.91 Å². The lowest BCUT2D eigenvalue weighted by Crippen LogP contribution is -2.24. The number of fused-ring (bicyclic) bond motifs is 1. The smallest absolute Gasteiger partial charge is 0.227 e. The second-order valence-electron chi connectivity index (χ2n) is 6.69. The molecule has 0 bridgehead atoms. The molecule has 4 heteroatoms. The Hall–Kier alpha value is -2.62. The van der Waals surface area contributed by atoms with Crippen molar-refractivity contribution in [3.8, 4) is 0 Å². The number of aryl methyl sites for hydroxylation is 3. The average Bonchev–Trinajstić information content (AvgIpc) is 3.11. The van der Waals surface area contributed by atoms with Crippen molar-refractivity contribution in [3.63, 3.8) is 0 Å². The Morgan fingerprint density at radius 2 is 1.88 bits per heavy atom. The summed E-state index contributed by atoms with van der Waals surface area (Å²) in [5.74, 6) is 1.31. The first kappa shape index (κ1) is 14.9. The molecule has 0 radical (unpaired) electrons. The number of amides is 1. The molecule has 1 fully saturated rings. The zero-order valence-corrected chi connectivity index (χ0v) is 14.3. The summed E-state index contributed by atoms with van der Waals surface area (Å²) in [5, 5.41) is 0. The molecule has 3 aromatic rings. The SMILES string of the molecule is Cc1ccc(N2C[C@@H](c3nc4ccccc4n3C)CC2=O)cc1C. The van der Waals surface area contributed by atoms with E-state index in [1.54, 1.807) is 0 Å².